The first-order valence-corrected chi connectivity index (χ1v) is 7.90. The van der Waals surface area contributed by atoms with Crippen LogP contribution < -0.4 is 11.1 Å². The lowest BCUT2D eigenvalue weighted by molar-refractivity contribution is -0.385. The molecule has 1 aliphatic rings. The maximum atomic E-state index is 12.5. The monoisotopic (exact) mass is 361 g/mol. The van der Waals surface area contributed by atoms with Crippen LogP contribution in [0.15, 0.2) is 36.4 Å². The summed E-state index contributed by atoms with van der Waals surface area (Å²) in [6.07, 6.45) is 2.76. The summed E-state index contributed by atoms with van der Waals surface area (Å²) in [5, 5.41) is 14.0. The van der Waals surface area contributed by atoms with Crippen molar-refractivity contribution in [1.82, 2.24) is 5.32 Å². The summed E-state index contributed by atoms with van der Waals surface area (Å²) >= 11 is 0. The second kappa shape index (κ2) is 7.53. The minimum Gasteiger partial charge on any atom is -0.399 e. The number of carbonyl (C=O) groups excluding carboxylic acids is 1. The van der Waals surface area contributed by atoms with Crippen LogP contribution >= 0.6 is 12.4 Å². The molecule has 0 aromatic heterocycles. The Labute approximate surface area is 152 Å². The SMILES string of the molecule is Cc1ccc(C(=O)NC2CCCc3cc(N)ccc32)cc1[N+](=O)[O-].Cl. The van der Waals surface area contributed by atoms with Crippen molar-refractivity contribution in [3.05, 3.63) is 68.8 Å². The smallest absolute Gasteiger partial charge is 0.273 e. The second-order valence-electron chi connectivity index (χ2n) is 6.13. The van der Waals surface area contributed by atoms with Crippen molar-refractivity contribution in [2.75, 3.05) is 5.73 Å². The van der Waals surface area contributed by atoms with Gasteiger partial charge in [0.25, 0.3) is 11.6 Å². The number of amides is 1. The second-order valence-corrected chi connectivity index (χ2v) is 6.13. The maximum absolute atomic E-state index is 12.5. The molecule has 0 heterocycles. The van der Waals surface area contributed by atoms with E-state index >= 15 is 0 Å². The summed E-state index contributed by atoms with van der Waals surface area (Å²) in [7, 11) is 0. The Balaban J connectivity index is 0.00000225. The van der Waals surface area contributed by atoms with E-state index in [4.69, 9.17) is 5.73 Å². The number of carbonyl (C=O) groups is 1. The van der Waals surface area contributed by atoms with Crippen LogP contribution in [0.25, 0.3) is 0 Å². The van der Waals surface area contributed by atoms with Crippen LogP contribution in [0.4, 0.5) is 11.4 Å². The third kappa shape index (κ3) is 3.91. The van der Waals surface area contributed by atoms with Crippen LogP contribution in [0.3, 0.4) is 0 Å². The van der Waals surface area contributed by atoms with E-state index in [9.17, 15) is 14.9 Å². The molecular weight excluding hydrogens is 342 g/mol. The van der Waals surface area contributed by atoms with Gasteiger partial charge in [-0.15, -0.1) is 12.4 Å². The van der Waals surface area contributed by atoms with E-state index in [0.717, 1.165) is 36.1 Å². The topological polar surface area (TPSA) is 98.3 Å². The van der Waals surface area contributed by atoms with Crippen molar-refractivity contribution in [3.63, 3.8) is 0 Å². The first-order valence-electron chi connectivity index (χ1n) is 7.90. The van der Waals surface area contributed by atoms with Crippen molar-refractivity contribution >= 4 is 29.7 Å². The molecule has 1 atom stereocenters. The summed E-state index contributed by atoms with van der Waals surface area (Å²) in [4.78, 5) is 23.1. The molecule has 0 saturated carbocycles. The molecule has 0 radical (unpaired) electrons. The van der Waals surface area contributed by atoms with Gasteiger partial charge in [-0.2, -0.15) is 0 Å². The number of rotatable bonds is 3. The van der Waals surface area contributed by atoms with Crippen LogP contribution in [0.5, 0.6) is 0 Å². The van der Waals surface area contributed by atoms with E-state index < -0.39 is 4.92 Å². The summed E-state index contributed by atoms with van der Waals surface area (Å²) in [5.41, 5.74) is 9.57. The Morgan fingerprint density at radius 3 is 2.76 bits per heavy atom. The molecule has 1 unspecified atom stereocenters. The van der Waals surface area contributed by atoms with Crippen LogP contribution in [-0.2, 0) is 6.42 Å². The number of nitrogens with one attached hydrogen (secondary N) is 1. The first kappa shape index (κ1) is 18.7. The molecule has 1 amide bonds. The quantitative estimate of drug-likeness (QED) is 0.494. The highest BCUT2D eigenvalue weighted by Gasteiger charge is 2.23. The molecule has 3 N–H and O–H groups in total. The number of nitrogen functional groups attached to an aromatic ring is 1. The molecular formula is C18H20ClN3O3. The lowest BCUT2D eigenvalue weighted by Gasteiger charge is -2.26. The number of fused-ring (bicyclic) bond motifs is 1. The van der Waals surface area contributed by atoms with Gasteiger partial charge in [0.2, 0.25) is 0 Å². The number of nitrogens with two attached hydrogens (primary N) is 1. The van der Waals surface area contributed by atoms with Gasteiger partial charge in [-0.25, -0.2) is 0 Å². The third-order valence-corrected chi connectivity index (χ3v) is 4.45. The van der Waals surface area contributed by atoms with E-state index in [1.165, 1.54) is 6.07 Å². The van der Waals surface area contributed by atoms with Crippen molar-refractivity contribution in [2.45, 2.75) is 32.2 Å². The third-order valence-electron chi connectivity index (χ3n) is 4.45. The molecule has 2 aromatic rings. The Morgan fingerprint density at radius 1 is 1.28 bits per heavy atom. The molecule has 6 nitrogen and oxygen atoms in total. The van der Waals surface area contributed by atoms with E-state index in [-0.39, 0.29) is 30.0 Å². The molecule has 0 aliphatic heterocycles. The van der Waals surface area contributed by atoms with Crippen LogP contribution in [-0.4, -0.2) is 10.8 Å². The molecule has 0 saturated heterocycles. The van der Waals surface area contributed by atoms with Gasteiger partial charge in [0, 0.05) is 22.9 Å². The Hall–Kier alpha value is -2.60. The van der Waals surface area contributed by atoms with Crippen molar-refractivity contribution in [3.8, 4) is 0 Å². The molecule has 132 valence electrons. The van der Waals surface area contributed by atoms with Gasteiger partial charge < -0.3 is 11.1 Å². The number of nitrogens with zero attached hydrogens (tertiary/aromatic N) is 1. The Bertz CT molecular complexity index is 823. The van der Waals surface area contributed by atoms with Crippen LogP contribution in [0, 0.1) is 17.0 Å². The highest BCUT2D eigenvalue weighted by Crippen LogP contribution is 2.31. The largest absolute Gasteiger partial charge is 0.399 e. The van der Waals surface area contributed by atoms with Crippen molar-refractivity contribution < 1.29 is 9.72 Å². The molecule has 0 bridgehead atoms. The van der Waals surface area contributed by atoms with Crippen LogP contribution in [0.1, 0.15) is 45.9 Å². The fourth-order valence-electron chi connectivity index (χ4n) is 3.17. The highest BCUT2D eigenvalue weighted by atomic mass is 35.5. The van der Waals surface area contributed by atoms with Crippen molar-refractivity contribution in [2.24, 2.45) is 0 Å². The average molecular weight is 362 g/mol. The minimum absolute atomic E-state index is 0. The van der Waals surface area contributed by atoms with E-state index in [1.807, 2.05) is 18.2 Å². The van der Waals surface area contributed by atoms with Gasteiger partial charge in [-0.3, -0.25) is 14.9 Å². The summed E-state index contributed by atoms with van der Waals surface area (Å²) < 4.78 is 0. The zero-order chi connectivity index (χ0) is 17.3. The first-order chi connectivity index (χ1) is 11.5. The predicted molar refractivity (Wildman–Crippen MR) is 99.1 cm³/mol. The van der Waals surface area contributed by atoms with Gasteiger partial charge in [-0.05, 0) is 55.5 Å². The maximum Gasteiger partial charge on any atom is 0.273 e. The lowest BCUT2D eigenvalue weighted by atomic mass is 9.87. The molecule has 2 aromatic carbocycles. The molecule has 3 rings (SSSR count). The van der Waals surface area contributed by atoms with E-state index in [0.29, 0.717) is 11.1 Å². The van der Waals surface area contributed by atoms with Gasteiger partial charge in [0.05, 0.1) is 11.0 Å². The van der Waals surface area contributed by atoms with Gasteiger partial charge in [0.15, 0.2) is 0 Å². The number of nitro benzene ring substituents is 1. The normalized spacial score (nSPS) is 15.6. The fourth-order valence-corrected chi connectivity index (χ4v) is 3.17. The summed E-state index contributed by atoms with van der Waals surface area (Å²) in [6.45, 7) is 1.65. The zero-order valence-corrected chi connectivity index (χ0v) is 14.6. The Morgan fingerprint density at radius 2 is 2.04 bits per heavy atom. The average Bonchev–Trinajstić information content (AvgIpc) is 2.54. The number of aryl methyl sites for hydroxylation is 2. The molecule has 0 spiro atoms. The van der Waals surface area contributed by atoms with Gasteiger partial charge in [0.1, 0.15) is 0 Å². The predicted octanol–water partition coefficient (Wildman–Crippen LogP) is 3.71. The fraction of sp³-hybridized carbons (Fsp3) is 0.278. The molecule has 0 fully saturated rings. The number of nitro groups is 1. The molecule has 1 aliphatic carbocycles. The number of hydrogen-bond donors (Lipinski definition) is 2. The minimum atomic E-state index is -0.467. The van der Waals surface area contributed by atoms with E-state index in [2.05, 4.69) is 5.32 Å². The van der Waals surface area contributed by atoms with E-state index in [1.54, 1.807) is 19.1 Å². The summed E-state index contributed by atoms with van der Waals surface area (Å²) in [5.74, 6) is -0.298. The number of halogens is 1. The zero-order valence-electron chi connectivity index (χ0n) is 13.8. The van der Waals surface area contributed by atoms with Gasteiger partial charge >= 0.3 is 0 Å². The molecule has 25 heavy (non-hydrogen) atoms. The number of benzene rings is 2. The summed E-state index contributed by atoms with van der Waals surface area (Å²) in [6, 6.07) is 10.2. The van der Waals surface area contributed by atoms with Crippen molar-refractivity contribution in [1.29, 1.82) is 0 Å². The number of anilines is 1. The lowest BCUT2D eigenvalue weighted by Crippen LogP contribution is -2.31. The molecule has 7 heteroatoms. The van der Waals surface area contributed by atoms with Gasteiger partial charge in [-0.1, -0.05) is 12.1 Å². The highest BCUT2D eigenvalue weighted by molar-refractivity contribution is 5.95. The standard InChI is InChI=1S/C18H19N3O3.ClH/c1-11-5-6-13(10-17(11)21(23)24)18(22)20-16-4-2-3-12-9-14(19)7-8-15(12)16;/h5-10,16H,2-4,19H2,1H3,(H,20,22);1H. The van der Waals surface area contributed by atoms with Crippen LogP contribution in [0.2, 0.25) is 0 Å². The Kier molecular flexibility index (Phi) is 5.64. The number of hydrogen-bond acceptors (Lipinski definition) is 4.